The van der Waals surface area contributed by atoms with E-state index < -0.39 is 0 Å². The normalized spacial score (nSPS) is 16.5. The first-order valence-electron chi connectivity index (χ1n) is 7.23. The van der Waals surface area contributed by atoms with Crippen molar-refractivity contribution in [3.63, 3.8) is 0 Å². The van der Waals surface area contributed by atoms with E-state index in [1.54, 1.807) is 11.3 Å². The average molecular weight is 290 g/mol. The lowest BCUT2D eigenvalue weighted by Crippen LogP contribution is -2.04. The van der Waals surface area contributed by atoms with Crippen molar-refractivity contribution < 1.29 is 4.39 Å². The Morgan fingerprint density at radius 1 is 1.15 bits per heavy atom. The van der Waals surface area contributed by atoms with Crippen LogP contribution in [0.2, 0.25) is 0 Å². The zero-order chi connectivity index (χ0) is 13.9. The molecule has 0 aliphatic heterocycles. The third-order valence-corrected chi connectivity index (χ3v) is 5.21. The third kappa shape index (κ3) is 2.76. The van der Waals surface area contributed by atoms with Crippen molar-refractivity contribution in [2.45, 2.75) is 44.6 Å². The van der Waals surface area contributed by atoms with Crippen LogP contribution in [0.4, 0.5) is 4.39 Å². The molecule has 0 amide bonds. The molecule has 3 rings (SSSR count). The number of hydrogen-bond acceptors (Lipinski definition) is 3. The van der Waals surface area contributed by atoms with E-state index in [9.17, 15) is 4.39 Å². The molecular formula is C16H19FN2S. The quantitative estimate of drug-likeness (QED) is 0.906. The SMILES string of the molecule is NCc1nc(-c2ccc(F)cc2)c(C2CCCCC2)s1. The zero-order valence-electron chi connectivity index (χ0n) is 11.4. The smallest absolute Gasteiger partial charge is 0.123 e. The maximum absolute atomic E-state index is 13.1. The molecule has 4 heteroatoms. The molecule has 2 nitrogen and oxygen atoms in total. The number of nitrogens with zero attached hydrogens (tertiary/aromatic N) is 1. The molecule has 1 aliphatic carbocycles. The topological polar surface area (TPSA) is 38.9 Å². The molecule has 2 aromatic rings. The minimum absolute atomic E-state index is 0.206. The van der Waals surface area contributed by atoms with E-state index in [1.165, 1.54) is 49.1 Å². The fourth-order valence-electron chi connectivity index (χ4n) is 2.92. The summed E-state index contributed by atoms with van der Waals surface area (Å²) in [7, 11) is 0. The van der Waals surface area contributed by atoms with Gasteiger partial charge < -0.3 is 5.73 Å². The van der Waals surface area contributed by atoms with E-state index in [-0.39, 0.29) is 5.82 Å². The molecule has 2 N–H and O–H groups in total. The molecule has 0 radical (unpaired) electrons. The second kappa shape index (κ2) is 6.02. The molecule has 1 fully saturated rings. The largest absolute Gasteiger partial charge is 0.325 e. The molecule has 1 aromatic carbocycles. The van der Waals surface area contributed by atoms with Gasteiger partial charge in [-0.2, -0.15) is 0 Å². The van der Waals surface area contributed by atoms with Gasteiger partial charge in [-0.05, 0) is 43.0 Å². The minimum Gasteiger partial charge on any atom is -0.325 e. The van der Waals surface area contributed by atoms with Gasteiger partial charge in [-0.1, -0.05) is 19.3 Å². The Morgan fingerprint density at radius 3 is 2.50 bits per heavy atom. The van der Waals surface area contributed by atoms with Crippen molar-refractivity contribution in [3.05, 3.63) is 40.0 Å². The predicted molar refractivity (Wildman–Crippen MR) is 81.2 cm³/mol. The number of aromatic nitrogens is 1. The van der Waals surface area contributed by atoms with Crippen LogP contribution < -0.4 is 5.73 Å². The first-order valence-corrected chi connectivity index (χ1v) is 8.05. The van der Waals surface area contributed by atoms with E-state index in [0.29, 0.717) is 12.5 Å². The number of thiazole rings is 1. The molecule has 0 saturated heterocycles. The fraction of sp³-hybridized carbons (Fsp3) is 0.438. The molecule has 1 saturated carbocycles. The molecule has 1 heterocycles. The molecule has 0 unspecified atom stereocenters. The number of hydrogen-bond donors (Lipinski definition) is 1. The standard InChI is InChI=1S/C16H19FN2S/c17-13-8-6-11(7-9-13)15-16(20-14(10-18)19-15)12-4-2-1-3-5-12/h6-9,12H,1-5,10,18H2. The van der Waals surface area contributed by atoms with Crippen LogP contribution in [0, 0.1) is 5.82 Å². The van der Waals surface area contributed by atoms with Gasteiger partial charge in [0.1, 0.15) is 10.8 Å². The monoisotopic (exact) mass is 290 g/mol. The highest BCUT2D eigenvalue weighted by molar-refractivity contribution is 7.12. The number of halogens is 1. The lowest BCUT2D eigenvalue weighted by molar-refractivity contribution is 0.448. The van der Waals surface area contributed by atoms with Crippen LogP contribution in [-0.2, 0) is 6.54 Å². The van der Waals surface area contributed by atoms with Crippen LogP contribution in [-0.4, -0.2) is 4.98 Å². The Balaban J connectivity index is 1.99. The van der Waals surface area contributed by atoms with Gasteiger partial charge in [-0.25, -0.2) is 9.37 Å². The van der Waals surface area contributed by atoms with Gasteiger partial charge in [0.2, 0.25) is 0 Å². The van der Waals surface area contributed by atoms with Crippen molar-refractivity contribution in [1.82, 2.24) is 4.98 Å². The summed E-state index contributed by atoms with van der Waals surface area (Å²) in [6.45, 7) is 0.478. The molecule has 0 bridgehead atoms. The second-order valence-corrected chi connectivity index (χ2v) is 6.48. The number of rotatable bonds is 3. The lowest BCUT2D eigenvalue weighted by Gasteiger charge is -2.21. The van der Waals surface area contributed by atoms with Crippen LogP contribution in [0.15, 0.2) is 24.3 Å². The number of nitrogens with two attached hydrogens (primary N) is 1. The molecular weight excluding hydrogens is 271 g/mol. The van der Waals surface area contributed by atoms with Gasteiger partial charge in [-0.15, -0.1) is 11.3 Å². The van der Waals surface area contributed by atoms with Gasteiger partial charge in [0.05, 0.1) is 5.69 Å². The first kappa shape index (κ1) is 13.7. The van der Waals surface area contributed by atoms with E-state index in [2.05, 4.69) is 4.98 Å². The summed E-state index contributed by atoms with van der Waals surface area (Å²) < 4.78 is 13.1. The van der Waals surface area contributed by atoms with E-state index in [1.807, 2.05) is 12.1 Å². The second-order valence-electron chi connectivity index (χ2n) is 5.37. The van der Waals surface area contributed by atoms with Gasteiger partial charge in [-0.3, -0.25) is 0 Å². The van der Waals surface area contributed by atoms with Crippen molar-refractivity contribution >= 4 is 11.3 Å². The van der Waals surface area contributed by atoms with Gasteiger partial charge in [0.25, 0.3) is 0 Å². The summed E-state index contributed by atoms with van der Waals surface area (Å²) in [5.74, 6) is 0.392. The highest BCUT2D eigenvalue weighted by Crippen LogP contribution is 2.41. The minimum atomic E-state index is -0.206. The summed E-state index contributed by atoms with van der Waals surface area (Å²) in [6, 6.07) is 6.64. The molecule has 0 atom stereocenters. The van der Waals surface area contributed by atoms with Crippen LogP contribution >= 0.6 is 11.3 Å². The van der Waals surface area contributed by atoms with Crippen molar-refractivity contribution in [3.8, 4) is 11.3 Å². The van der Waals surface area contributed by atoms with Crippen molar-refractivity contribution in [2.24, 2.45) is 5.73 Å². The molecule has 106 valence electrons. The van der Waals surface area contributed by atoms with Gasteiger partial charge in [0.15, 0.2) is 0 Å². The molecule has 1 aliphatic rings. The summed E-state index contributed by atoms with van der Waals surface area (Å²) in [5, 5.41) is 0.977. The molecule has 20 heavy (non-hydrogen) atoms. The summed E-state index contributed by atoms with van der Waals surface area (Å²) in [6.07, 6.45) is 6.40. The fourth-order valence-corrected chi connectivity index (χ4v) is 4.06. The predicted octanol–water partition coefficient (Wildman–Crippen LogP) is 4.46. The Hall–Kier alpha value is -1.26. The zero-order valence-corrected chi connectivity index (χ0v) is 12.3. The molecule has 1 aromatic heterocycles. The van der Waals surface area contributed by atoms with Crippen LogP contribution in [0.5, 0.6) is 0 Å². The Kier molecular flexibility index (Phi) is 4.13. The van der Waals surface area contributed by atoms with Gasteiger partial charge in [0, 0.05) is 17.0 Å². The Bertz CT molecular complexity index is 571. The maximum Gasteiger partial charge on any atom is 0.123 e. The lowest BCUT2D eigenvalue weighted by atomic mass is 9.87. The Labute approximate surface area is 122 Å². The van der Waals surface area contributed by atoms with Crippen molar-refractivity contribution in [1.29, 1.82) is 0 Å². The van der Waals surface area contributed by atoms with Crippen molar-refractivity contribution in [2.75, 3.05) is 0 Å². The van der Waals surface area contributed by atoms with Crippen LogP contribution in [0.3, 0.4) is 0 Å². The summed E-state index contributed by atoms with van der Waals surface area (Å²) >= 11 is 1.74. The third-order valence-electron chi connectivity index (χ3n) is 3.97. The highest BCUT2D eigenvalue weighted by atomic mass is 32.1. The average Bonchev–Trinajstić information content (AvgIpc) is 2.93. The van der Waals surface area contributed by atoms with Crippen LogP contribution in [0.1, 0.15) is 47.9 Å². The van der Waals surface area contributed by atoms with E-state index in [4.69, 9.17) is 5.73 Å². The maximum atomic E-state index is 13.1. The van der Waals surface area contributed by atoms with Crippen LogP contribution in [0.25, 0.3) is 11.3 Å². The molecule has 0 spiro atoms. The van der Waals surface area contributed by atoms with Gasteiger partial charge >= 0.3 is 0 Å². The first-order chi connectivity index (χ1) is 9.78. The van der Waals surface area contributed by atoms with E-state index >= 15 is 0 Å². The summed E-state index contributed by atoms with van der Waals surface area (Å²) in [4.78, 5) is 6.02. The van der Waals surface area contributed by atoms with E-state index in [0.717, 1.165) is 16.3 Å². The summed E-state index contributed by atoms with van der Waals surface area (Å²) in [5.41, 5.74) is 7.77. The Morgan fingerprint density at radius 2 is 1.85 bits per heavy atom. The number of benzene rings is 1. The highest BCUT2D eigenvalue weighted by Gasteiger charge is 2.23.